The first-order chi connectivity index (χ1) is 15.0. The molecule has 0 aliphatic carbocycles. The molecule has 168 valence electrons. The Bertz CT molecular complexity index is 958. The fourth-order valence-electron chi connectivity index (χ4n) is 3.53. The molecule has 0 spiro atoms. The van der Waals surface area contributed by atoms with Crippen LogP contribution in [0.15, 0.2) is 59.6 Å². The molecule has 1 fully saturated rings. The van der Waals surface area contributed by atoms with Crippen LogP contribution in [0.4, 0.5) is 0 Å². The van der Waals surface area contributed by atoms with Gasteiger partial charge >= 0.3 is 0 Å². The Morgan fingerprint density at radius 1 is 1.06 bits per heavy atom. The third-order valence-electron chi connectivity index (χ3n) is 5.18. The van der Waals surface area contributed by atoms with Gasteiger partial charge in [-0.15, -0.1) is 0 Å². The highest BCUT2D eigenvalue weighted by atomic mass is 32.2. The lowest BCUT2D eigenvalue weighted by molar-refractivity contribution is 0.0729. The van der Waals surface area contributed by atoms with Crippen LogP contribution in [0.25, 0.3) is 0 Å². The van der Waals surface area contributed by atoms with Crippen molar-refractivity contribution in [3.8, 4) is 0 Å². The van der Waals surface area contributed by atoms with E-state index < -0.39 is 10.0 Å². The molecule has 3 rings (SSSR count). The van der Waals surface area contributed by atoms with Crippen molar-refractivity contribution in [3.63, 3.8) is 0 Å². The van der Waals surface area contributed by atoms with Gasteiger partial charge in [-0.2, -0.15) is 4.31 Å². The Hall–Kier alpha value is -2.42. The number of benzene rings is 2. The molecule has 1 heterocycles. The van der Waals surface area contributed by atoms with Gasteiger partial charge in [0.05, 0.1) is 25.5 Å². The minimum absolute atomic E-state index is 0.0188. The van der Waals surface area contributed by atoms with Crippen molar-refractivity contribution in [2.75, 3.05) is 39.9 Å². The highest BCUT2D eigenvalue weighted by molar-refractivity contribution is 7.88. The minimum atomic E-state index is -3.39. The van der Waals surface area contributed by atoms with Gasteiger partial charge in [0.1, 0.15) is 0 Å². The monoisotopic (exact) mass is 444 g/mol. The molecule has 31 heavy (non-hydrogen) atoms. The van der Waals surface area contributed by atoms with Crippen molar-refractivity contribution >= 4 is 16.0 Å². The van der Waals surface area contributed by atoms with Crippen LogP contribution < -0.4 is 5.32 Å². The van der Waals surface area contributed by atoms with Crippen molar-refractivity contribution in [1.29, 1.82) is 0 Å². The number of guanidine groups is 1. The minimum Gasteiger partial charge on any atom is -0.379 e. The molecular weight excluding hydrogens is 412 g/mol. The average Bonchev–Trinajstić information content (AvgIpc) is 2.78. The van der Waals surface area contributed by atoms with Crippen LogP contribution in [0.5, 0.6) is 0 Å². The molecular formula is C23H32N4O3S. The van der Waals surface area contributed by atoms with E-state index in [1.807, 2.05) is 56.4 Å². The standard InChI is InChI=1S/C23H32N4O3S/c1-3-24-23(26(2)18-20-9-5-4-6-10-20)25-17-21-11-7-8-12-22(21)19-31(28,29)27-13-15-30-16-14-27/h4-12H,3,13-19H2,1-2H3,(H,24,25). The van der Waals surface area contributed by atoms with Crippen molar-refractivity contribution in [3.05, 3.63) is 71.3 Å². The molecule has 0 unspecified atom stereocenters. The summed E-state index contributed by atoms with van der Waals surface area (Å²) in [6, 6.07) is 17.9. The number of rotatable bonds is 8. The summed E-state index contributed by atoms with van der Waals surface area (Å²) in [4.78, 5) is 6.86. The molecule has 0 saturated carbocycles. The molecule has 8 heteroatoms. The third kappa shape index (κ3) is 6.78. The second-order valence-electron chi connectivity index (χ2n) is 7.55. The molecule has 2 aromatic carbocycles. The summed E-state index contributed by atoms with van der Waals surface area (Å²) in [6.45, 7) is 5.67. The van der Waals surface area contributed by atoms with Crippen molar-refractivity contribution < 1.29 is 13.2 Å². The molecule has 1 aliphatic rings. The summed E-state index contributed by atoms with van der Waals surface area (Å²) in [6.07, 6.45) is 0. The lowest BCUT2D eigenvalue weighted by Crippen LogP contribution is -2.41. The number of sulfonamides is 1. The van der Waals surface area contributed by atoms with Crippen LogP contribution in [0.2, 0.25) is 0 Å². The van der Waals surface area contributed by atoms with E-state index in [0.29, 0.717) is 32.8 Å². The van der Waals surface area contributed by atoms with Gasteiger partial charge in [0.2, 0.25) is 10.0 Å². The SMILES string of the molecule is CCNC(=NCc1ccccc1CS(=O)(=O)N1CCOCC1)N(C)Cc1ccccc1. The van der Waals surface area contributed by atoms with E-state index in [9.17, 15) is 8.42 Å². The van der Waals surface area contributed by atoms with E-state index in [2.05, 4.69) is 22.3 Å². The van der Waals surface area contributed by atoms with Gasteiger partial charge in [-0.1, -0.05) is 54.6 Å². The second-order valence-corrected chi connectivity index (χ2v) is 9.52. The molecule has 0 bridgehead atoms. The lowest BCUT2D eigenvalue weighted by Gasteiger charge is -2.26. The Morgan fingerprint density at radius 2 is 1.71 bits per heavy atom. The highest BCUT2D eigenvalue weighted by Gasteiger charge is 2.25. The van der Waals surface area contributed by atoms with Crippen LogP contribution >= 0.6 is 0 Å². The number of morpholine rings is 1. The third-order valence-corrected chi connectivity index (χ3v) is 7.01. The predicted molar refractivity (Wildman–Crippen MR) is 124 cm³/mol. The molecule has 0 atom stereocenters. The van der Waals surface area contributed by atoms with E-state index in [0.717, 1.165) is 30.2 Å². The maximum absolute atomic E-state index is 12.9. The van der Waals surface area contributed by atoms with Crippen LogP contribution in [-0.4, -0.2) is 63.5 Å². The molecule has 2 aromatic rings. The average molecular weight is 445 g/mol. The zero-order valence-electron chi connectivity index (χ0n) is 18.3. The maximum Gasteiger partial charge on any atom is 0.218 e. The van der Waals surface area contributed by atoms with Gasteiger partial charge in [-0.3, -0.25) is 0 Å². The lowest BCUT2D eigenvalue weighted by atomic mass is 10.1. The van der Waals surface area contributed by atoms with E-state index in [1.165, 1.54) is 9.87 Å². The summed E-state index contributed by atoms with van der Waals surface area (Å²) in [7, 11) is -1.38. The Kier molecular flexibility index (Phi) is 8.45. The van der Waals surface area contributed by atoms with Crippen LogP contribution in [-0.2, 0) is 33.6 Å². The van der Waals surface area contributed by atoms with Gasteiger partial charge in [0.25, 0.3) is 0 Å². The number of nitrogens with zero attached hydrogens (tertiary/aromatic N) is 3. The van der Waals surface area contributed by atoms with E-state index in [1.54, 1.807) is 0 Å². The molecule has 0 amide bonds. The highest BCUT2D eigenvalue weighted by Crippen LogP contribution is 2.17. The Labute approximate surface area is 185 Å². The fraction of sp³-hybridized carbons (Fsp3) is 0.435. The number of hydrogen-bond donors (Lipinski definition) is 1. The maximum atomic E-state index is 12.9. The van der Waals surface area contributed by atoms with E-state index >= 15 is 0 Å². The molecule has 1 saturated heterocycles. The van der Waals surface area contributed by atoms with Crippen LogP contribution in [0.3, 0.4) is 0 Å². The normalized spacial score (nSPS) is 15.6. The molecule has 1 aliphatic heterocycles. The Balaban J connectivity index is 1.73. The van der Waals surface area contributed by atoms with Gasteiger partial charge < -0.3 is 15.0 Å². The van der Waals surface area contributed by atoms with Crippen molar-refractivity contribution in [2.24, 2.45) is 4.99 Å². The topological polar surface area (TPSA) is 74.2 Å². The summed E-state index contributed by atoms with van der Waals surface area (Å²) in [5, 5.41) is 3.33. The van der Waals surface area contributed by atoms with Gasteiger partial charge in [0, 0.05) is 33.2 Å². The first-order valence-electron chi connectivity index (χ1n) is 10.7. The van der Waals surface area contributed by atoms with Gasteiger partial charge in [-0.05, 0) is 23.6 Å². The number of aliphatic imine (C=N–C) groups is 1. The summed E-state index contributed by atoms with van der Waals surface area (Å²) < 4.78 is 32.6. The number of hydrogen-bond acceptors (Lipinski definition) is 4. The quantitative estimate of drug-likeness (QED) is 0.500. The fourth-order valence-corrected chi connectivity index (χ4v) is 5.09. The van der Waals surface area contributed by atoms with E-state index in [4.69, 9.17) is 9.73 Å². The number of nitrogens with one attached hydrogen (secondary N) is 1. The first kappa shape index (κ1) is 23.2. The van der Waals surface area contributed by atoms with E-state index in [-0.39, 0.29) is 5.75 Å². The first-order valence-corrected chi connectivity index (χ1v) is 12.3. The van der Waals surface area contributed by atoms with Crippen LogP contribution in [0.1, 0.15) is 23.6 Å². The summed E-state index contributed by atoms with van der Waals surface area (Å²) in [5.41, 5.74) is 2.91. The molecule has 1 N–H and O–H groups in total. The van der Waals surface area contributed by atoms with Crippen LogP contribution in [0, 0.1) is 0 Å². The predicted octanol–water partition coefficient (Wildman–Crippen LogP) is 2.45. The second kappa shape index (κ2) is 11.3. The summed E-state index contributed by atoms with van der Waals surface area (Å²) in [5.74, 6) is 0.770. The number of ether oxygens (including phenoxy) is 1. The molecule has 0 radical (unpaired) electrons. The van der Waals surface area contributed by atoms with Gasteiger partial charge in [0.15, 0.2) is 5.96 Å². The van der Waals surface area contributed by atoms with Gasteiger partial charge in [-0.25, -0.2) is 13.4 Å². The largest absolute Gasteiger partial charge is 0.379 e. The smallest absolute Gasteiger partial charge is 0.218 e. The van der Waals surface area contributed by atoms with Crippen molar-refractivity contribution in [1.82, 2.24) is 14.5 Å². The molecule has 0 aromatic heterocycles. The van der Waals surface area contributed by atoms with Crippen molar-refractivity contribution in [2.45, 2.75) is 25.8 Å². The zero-order chi connectivity index (χ0) is 22.1. The zero-order valence-corrected chi connectivity index (χ0v) is 19.1. The molecule has 7 nitrogen and oxygen atoms in total. The summed E-state index contributed by atoms with van der Waals surface area (Å²) >= 11 is 0. The Morgan fingerprint density at radius 3 is 2.39 bits per heavy atom.